The predicted molar refractivity (Wildman–Crippen MR) is 99.2 cm³/mol. The summed E-state index contributed by atoms with van der Waals surface area (Å²) in [7, 11) is 0. The topological polar surface area (TPSA) is 72.1 Å². The van der Waals surface area contributed by atoms with Crippen molar-refractivity contribution < 1.29 is 4.79 Å². The van der Waals surface area contributed by atoms with Crippen molar-refractivity contribution in [3.63, 3.8) is 0 Å². The minimum Gasteiger partial charge on any atom is -0.398 e. The van der Waals surface area contributed by atoms with Gasteiger partial charge in [0.1, 0.15) is 5.82 Å². The molecular formula is C17H20Cl2N4O. The van der Waals surface area contributed by atoms with E-state index in [1.165, 1.54) is 6.20 Å². The Morgan fingerprint density at radius 2 is 2.12 bits per heavy atom. The molecule has 1 aliphatic heterocycles. The fraction of sp³-hybridized carbons (Fsp3) is 0.353. The Balaban J connectivity index is 0.00000208. The van der Waals surface area contributed by atoms with Crippen LogP contribution in [0.2, 0.25) is 5.02 Å². The van der Waals surface area contributed by atoms with Gasteiger partial charge in [-0.25, -0.2) is 9.97 Å². The first-order valence-corrected chi connectivity index (χ1v) is 8.08. The molecule has 1 aromatic heterocycles. The first-order chi connectivity index (χ1) is 11.0. The highest BCUT2D eigenvalue weighted by atomic mass is 35.5. The van der Waals surface area contributed by atoms with Crippen LogP contribution in [0.5, 0.6) is 0 Å². The van der Waals surface area contributed by atoms with Gasteiger partial charge in [0.25, 0.3) is 5.91 Å². The zero-order valence-corrected chi connectivity index (χ0v) is 15.2. The fourth-order valence-electron chi connectivity index (χ4n) is 2.80. The fourth-order valence-corrected chi connectivity index (χ4v) is 2.97. The average Bonchev–Trinajstić information content (AvgIpc) is 2.54. The van der Waals surface area contributed by atoms with Gasteiger partial charge in [-0.3, -0.25) is 4.79 Å². The first-order valence-electron chi connectivity index (χ1n) is 7.70. The molecule has 1 aromatic carbocycles. The number of hydrogen-bond donors (Lipinski definition) is 1. The van der Waals surface area contributed by atoms with E-state index in [-0.39, 0.29) is 34.9 Å². The van der Waals surface area contributed by atoms with Crippen molar-refractivity contribution in [1.82, 2.24) is 9.97 Å². The molecule has 24 heavy (non-hydrogen) atoms. The van der Waals surface area contributed by atoms with Gasteiger partial charge in [-0.2, -0.15) is 0 Å². The number of nitrogens with two attached hydrogens (primary N) is 1. The maximum atomic E-state index is 13.0. The van der Waals surface area contributed by atoms with Crippen molar-refractivity contribution in [3.05, 3.63) is 46.5 Å². The molecule has 128 valence electrons. The largest absolute Gasteiger partial charge is 0.398 e. The molecule has 0 saturated heterocycles. The zero-order valence-electron chi connectivity index (χ0n) is 13.6. The number of benzene rings is 1. The number of anilines is 2. The van der Waals surface area contributed by atoms with Crippen LogP contribution in [0, 0.1) is 0 Å². The Morgan fingerprint density at radius 1 is 1.38 bits per heavy atom. The second kappa shape index (κ2) is 7.36. The molecule has 0 saturated carbocycles. The van der Waals surface area contributed by atoms with Crippen molar-refractivity contribution in [2.75, 3.05) is 17.2 Å². The van der Waals surface area contributed by atoms with Crippen LogP contribution in [0.3, 0.4) is 0 Å². The van der Waals surface area contributed by atoms with Crippen molar-refractivity contribution in [1.29, 1.82) is 0 Å². The SMILES string of the molecule is CC(C)c1ncc(Cl)c(C(=O)N2CCCc3c(N)cccc32)n1.Cl. The molecule has 0 unspecified atom stereocenters. The number of amides is 1. The summed E-state index contributed by atoms with van der Waals surface area (Å²) in [5.74, 6) is 0.538. The highest BCUT2D eigenvalue weighted by molar-refractivity contribution is 6.34. The van der Waals surface area contributed by atoms with E-state index in [1.807, 2.05) is 32.0 Å². The lowest BCUT2D eigenvalue weighted by molar-refractivity contribution is 0.0980. The monoisotopic (exact) mass is 366 g/mol. The van der Waals surface area contributed by atoms with Crippen LogP contribution < -0.4 is 10.6 Å². The van der Waals surface area contributed by atoms with Crippen molar-refractivity contribution in [2.45, 2.75) is 32.6 Å². The smallest absolute Gasteiger partial charge is 0.278 e. The summed E-state index contributed by atoms with van der Waals surface area (Å²) in [6.07, 6.45) is 3.24. The first kappa shape index (κ1) is 18.5. The molecule has 0 atom stereocenters. The molecule has 1 aliphatic rings. The van der Waals surface area contributed by atoms with E-state index in [9.17, 15) is 4.79 Å². The lowest BCUT2D eigenvalue weighted by Gasteiger charge is -2.30. The summed E-state index contributed by atoms with van der Waals surface area (Å²) in [4.78, 5) is 23.3. The van der Waals surface area contributed by atoms with Crippen LogP contribution in [0.4, 0.5) is 11.4 Å². The van der Waals surface area contributed by atoms with Gasteiger partial charge in [-0.05, 0) is 30.5 Å². The second-order valence-electron chi connectivity index (χ2n) is 5.98. The highest BCUT2D eigenvalue weighted by Crippen LogP contribution is 2.32. The minimum atomic E-state index is -0.203. The van der Waals surface area contributed by atoms with Crippen LogP contribution in [0.15, 0.2) is 24.4 Å². The van der Waals surface area contributed by atoms with E-state index in [4.69, 9.17) is 17.3 Å². The summed E-state index contributed by atoms with van der Waals surface area (Å²) < 4.78 is 0. The van der Waals surface area contributed by atoms with Gasteiger partial charge in [0, 0.05) is 23.8 Å². The van der Waals surface area contributed by atoms with E-state index in [0.717, 1.165) is 29.8 Å². The van der Waals surface area contributed by atoms with Gasteiger partial charge < -0.3 is 10.6 Å². The maximum Gasteiger partial charge on any atom is 0.278 e. The van der Waals surface area contributed by atoms with E-state index in [2.05, 4.69) is 9.97 Å². The number of carbonyl (C=O) groups excluding carboxylic acids is 1. The average molecular weight is 367 g/mol. The Labute approximate surface area is 152 Å². The molecule has 1 amide bonds. The molecule has 3 rings (SSSR count). The lowest BCUT2D eigenvalue weighted by atomic mass is 9.99. The highest BCUT2D eigenvalue weighted by Gasteiger charge is 2.27. The van der Waals surface area contributed by atoms with Crippen LogP contribution >= 0.6 is 24.0 Å². The van der Waals surface area contributed by atoms with Gasteiger partial charge in [0.05, 0.1) is 11.2 Å². The van der Waals surface area contributed by atoms with Crippen molar-refractivity contribution >= 4 is 41.3 Å². The van der Waals surface area contributed by atoms with Crippen LogP contribution in [0.25, 0.3) is 0 Å². The Kier molecular flexibility index (Phi) is 5.67. The number of halogens is 2. The Bertz CT molecular complexity index is 764. The minimum absolute atomic E-state index is 0. The molecule has 2 aromatic rings. The van der Waals surface area contributed by atoms with Crippen LogP contribution in [-0.4, -0.2) is 22.4 Å². The molecular weight excluding hydrogens is 347 g/mol. The molecule has 0 spiro atoms. The molecule has 0 bridgehead atoms. The zero-order chi connectivity index (χ0) is 16.6. The summed E-state index contributed by atoms with van der Waals surface area (Å²) in [5.41, 5.74) is 8.88. The van der Waals surface area contributed by atoms with Gasteiger partial charge in [0.15, 0.2) is 5.69 Å². The van der Waals surface area contributed by atoms with E-state index < -0.39 is 0 Å². The van der Waals surface area contributed by atoms with Crippen molar-refractivity contribution in [2.24, 2.45) is 0 Å². The number of rotatable bonds is 2. The quantitative estimate of drug-likeness (QED) is 0.819. The second-order valence-corrected chi connectivity index (χ2v) is 6.39. The number of hydrogen-bond acceptors (Lipinski definition) is 4. The molecule has 0 fully saturated rings. The number of carbonyl (C=O) groups is 1. The van der Waals surface area contributed by atoms with E-state index >= 15 is 0 Å². The standard InChI is InChI=1S/C17H19ClN4O.ClH/c1-10(2)16-20-9-12(18)15(21-16)17(23)22-8-4-5-11-13(19)6-3-7-14(11)22;/h3,6-7,9-10H,4-5,8,19H2,1-2H3;1H. The van der Waals surface area contributed by atoms with Gasteiger partial charge in [-0.15, -0.1) is 12.4 Å². The summed E-state index contributed by atoms with van der Waals surface area (Å²) in [5, 5.41) is 0.274. The van der Waals surface area contributed by atoms with E-state index in [1.54, 1.807) is 4.90 Å². The van der Waals surface area contributed by atoms with Gasteiger partial charge >= 0.3 is 0 Å². The molecule has 0 radical (unpaired) electrons. The Morgan fingerprint density at radius 3 is 2.83 bits per heavy atom. The third kappa shape index (κ3) is 3.32. The van der Waals surface area contributed by atoms with Crippen molar-refractivity contribution in [3.8, 4) is 0 Å². The third-order valence-corrected chi connectivity index (χ3v) is 4.29. The predicted octanol–water partition coefficient (Wildman–Crippen LogP) is 3.85. The van der Waals surface area contributed by atoms with Crippen LogP contribution in [-0.2, 0) is 6.42 Å². The number of aromatic nitrogens is 2. The lowest BCUT2D eigenvalue weighted by Crippen LogP contribution is -2.36. The summed E-state index contributed by atoms with van der Waals surface area (Å²) in [6, 6.07) is 5.64. The summed E-state index contributed by atoms with van der Waals surface area (Å²) in [6.45, 7) is 4.59. The van der Waals surface area contributed by atoms with E-state index in [0.29, 0.717) is 12.4 Å². The molecule has 2 N–H and O–H groups in total. The third-order valence-electron chi connectivity index (χ3n) is 4.01. The maximum absolute atomic E-state index is 13.0. The van der Waals surface area contributed by atoms with Gasteiger partial charge in [0.2, 0.25) is 0 Å². The normalized spacial score (nSPS) is 13.4. The summed E-state index contributed by atoms with van der Waals surface area (Å²) >= 11 is 6.18. The molecule has 2 heterocycles. The number of nitrogens with zero attached hydrogens (tertiary/aromatic N) is 3. The molecule has 5 nitrogen and oxygen atoms in total. The number of fused-ring (bicyclic) bond motifs is 1. The number of nitrogen functional groups attached to an aromatic ring is 1. The van der Waals surface area contributed by atoms with Crippen LogP contribution in [0.1, 0.15) is 48.1 Å². The Hall–Kier alpha value is -1.85. The molecule has 7 heteroatoms. The molecule has 0 aliphatic carbocycles. The van der Waals surface area contributed by atoms with Gasteiger partial charge in [-0.1, -0.05) is 31.5 Å².